The second-order valence-corrected chi connectivity index (χ2v) is 5.32. The van der Waals surface area contributed by atoms with Crippen LogP contribution in [0.3, 0.4) is 0 Å². The monoisotopic (exact) mass is 265 g/mol. The van der Waals surface area contributed by atoms with E-state index in [2.05, 4.69) is 29.0 Å². The standard InChI is InChI=1S/C15H24FN3/c1-3-14(15-6-5-13(16)10-18-15)17-9-12-7-8-19(4-2)11-12/h5-6,10,12,14,17H,3-4,7-9,11H2,1-2H3. The number of pyridine rings is 1. The molecule has 0 aliphatic carbocycles. The fourth-order valence-corrected chi connectivity index (χ4v) is 2.73. The molecule has 0 bridgehead atoms. The average Bonchev–Trinajstić information content (AvgIpc) is 2.89. The quantitative estimate of drug-likeness (QED) is 0.857. The van der Waals surface area contributed by atoms with Crippen molar-refractivity contribution >= 4 is 0 Å². The molecule has 2 rings (SSSR count). The molecule has 2 heterocycles. The molecular weight excluding hydrogens is 241 g/mol. The minimum Gasteiger partial charge on any atom is -0.308 e. The van der Waals surface area contributed by atoms with Gasteiger partial charge in [0.1, 0.15) is 5.82 Å². The topological polar surface area (TPSA) is 28.2 Å². The zero-order valence-corrected chi connectivity index (χ0v) is 11.9. The van der Waals surface area contributed by atoms with E-state index in [1.54, 1.807) is 6.07 Å². The highest BCUT2D eigenvalue weighted by Gasteiger charge is 2.22. The van der Waals surface area contributed by atoms with Crippen LogP contribution in [-0.4, -0.2) is 36.1 Å². The van der Waals surface area contributed by atoms with Crippen LogP contribution in [0.1, 0.15) is 38.4 Å². The van der Waals surface area contributed by atoms with Gasteiger partial charge in [-0.2, -0.15) is 0 Å². The van der Waals surface area contributed by atoms with Crippen molar-refractivity contribution in [1.29, 1.82) is 0 Å². The lowest BCUT2D eigenvalue weighted by Gasteiger charge is -2.19. The molecule has 1 N–H and O–H groups in total. The van der Waals surface area contributed by atoms with E-state index in [4.69, 9.17) is 0 Å². The number of hydrogen-bond donors (Lipinski definition) is 1. The van der Waals surface area contributed by atoms with Crippen LogP contribution in [0.5, 0.6) is 0 Å². The maximum atomic E-state index is 12.9. The lowest BCUT2D eigenvalue weighted by Crippen LogP contribution is -2.29. The molecule has 2 unspecified atom stereocenters. The van der Waals surface area contributed by atoms with Crippen LogP contribution >= 0.6 is 0 Å². The van der Waals surface area contributed by atoms with E-state index in [9.17, 15) is 4.39 Å². The minimum absolute atomic E-state index is 0.233. The number of aromatic nitrogens is 1. The predicted molar refractivity (Wildman–Crippen MR) is 75.5 cm³/mol. The van der Waals surface area contributed by atoms with Gasteiger partial charge in [-0.25, -0.2) is 4.39 Å². The van der Waals surface area contributed by atoms with Crippen LogP contribution in [0.15, 0.2) is 18.3 Å². The second kappa shape index (κ2) is 6.96. The molecule has 106 valence electrons. The summed E-state index contributed by atoms with van der Waals surface area (Å²) < 4.78 is 12.9. The first-order chi connectivity index (χ1) is 9.22. The maximum Gasteiger partial charge on any atom is 0.141 e. The number of nitrogens with one attached hydrogen (secondary N) is 1. The minimum atomic E-state index is -0.270. The van der Waals surface area contributed by atoms with Crippen LogP contribution in [0, 0.1) is 11.7 Å². The molecule has 0 aromatic carbocycles. The number of rotatable bonds is 6. The summed E-state index contributed by atoms with van der Waals surface area (Å²) in [6.07, 6.45) is 3.55. The summed E-state index contributed by atoms with van der Waals surface area (Å²) in [5.41, 5.74) is 0.939. The van der Waals surface area contributed by atoms with Crippen LogP contribution in [0.2, 0.25) is 0 Å². The van der Waals surface area contributed by atoms with Crippen molar-refractivity contribution in [3.8, 4) is 0 Å². The summed E-state index contributed by atoms with van der Waals surface area (Å²) in [6, 6.07) is 3.50. The highest BCUT2D eigenvalue weighted by molar-refractivity contribution is 5.09. The van der Waals surface area contributed by atoms with Crippen molar-refractivity contribution in [2.45, 2.75) is 32.7 Å². The molecule has 1 aliphatic rings. The van der Waals surface area contributed by atoms with Crippen molar-refractivity contribution in [2.75, 3.05) is 26.2 Å². The average molecular weight is 265 g/mol. The van der Waals surface area contributed by atoms with Crippen molar-refractivity contribution in [3.63, 3.8) is 0 Å². The Morgan fingerprint density at radius 2 is 2.32 bits per heavy atom. The summed E-state index contributed by atoms with van der Waals surface area (Å²) in [4.78, 5) is 6.67. The maximum absolute atomic E-state index is 12.9. The van der Waals surface area contributed by atoms with Crippen LogP contribution < -0.4 is 5.32 Å². The Morgan fingerprint density at radius 3 is 2.89 bits per heavy atom. The molecule has 1 aromatic heterocycles. The first kappa shape index (κ1) is 14.4. The summed E-state index contributed by atoms with van der Waals surface area (Å²) in [5, 5.41) is 3.58. The first-order valence-electron chi connectivity index (χ1n) is 7.30. The molecule has 1 aromatic rings. The summed E-state index contributed by atoms with van der Waals surface area (Å²) >= 11 is 0. The van der Waals surface area contributed by atoms with Gasteiger partial charge in [0.05, 0.1) is 11.9 Å². The van der Waals surface area contributed by atoms with Crippen LogP contribution in [-0.2, 0) is 0 Å². The molecule has 0 radical (unpaired) electrons. The molecule has 19 heavy (non-hydrogen) atoms. The lowest BCUT2D eigenvalue weighted by molar-refractivity contribution is 0.334. The molecule has 4 heteroatoms. The van der Waals surface area contributed by atoms with Gasteiger partial charge in [-0.05, 0) is 50.5 Å². The second-order valence-electron chi connectivity index (χ2n) is 5.32. The molecule has 1 aliphatic heterocycles. The highest BCUT2D eigenvalue weighted by Crippen LogP contribution is 2.18. The fraction of sp³-hybridized carbons (Fsp3) is 0.667. The summed E-state index contributed by atoms with van der Waals surface area (Å²) in [6.45, 7) is 8.93. The van der Waals surface area contributed by atoms with Gasteiger partial charge in [-0.1, -0.05) is 13.8 Å². The molecule has 0 amide bonds. The highest BCUT2D eigenvalue weighted by atomic mass is 19.1. The molecule has 0 spiro atoms. The Labute approximate surface area is 115 Å². The van der Waals surface area contributed by atoms with E-state index in [1.165, 1.54) is 31.8 Å². The van der Waals surface area contributed by atoms with Gasteiger partial charge in [0.15, 0.2) is 0 Å². The molecule has 3 nitrogen and oxygen atoms in total. The van der Waals surface area contributed by atoms with Crippen molar-refractivity contribution < 1.29 is 4.39 Å². The van der Waals surface area contributed by atoms with Crippen molar-refractivity contribution in [1.82, 2.24) is 15.2 Å². The van der Waals surface area contributed by atoms with Gasteiger partial charge >= 0.3 is 0 Å². The number of nitrogens with zero attached hydrogens (tertiary/aromatic N) is 2. The van der Waals surface area contributed by atoms with E-state index in [0.29, 0.717) is 0 Å². The number of hydrogen-bond acceptors (Lipinski definition) is 3. The third-order valence-corrected chi connectivity index (χ3v) is 3.99. The molecule has 1 fully saturated rings. The van der Waals surface area contributed by atoms with E-state index in [0.717, 1.165) is 31.1 Å². The Hall–Kier alpha value is -1.00. The van der Waals surface area contributed by atoms with E-state index >= 15 is 0 Å². The SMILES string of the molecule is CCC(NCC1CCN(CC)C1)c1ccc(F)cn1. The zero-order chi connectivity index (χ0) is 13.7. The summed E-state index contributed by atoms with van der Waals surface area (Å²) in [5.74, 6) is 0.461. The van der Waals surface area contributed by atoms with E-state index < -0.39 is 0 Å². The molecule has 0 saturated carbocycles. The normalized spacial score (nSPS) is 21.7. The molecule has 1 saturated heterocycles. The Bertz CT molecular complexity index is 379. The Morgan fingerprint density at radius 1 is 1.47 bits per heavy atom. The van der Waals surface area contributed by atoms with Gasteiger partial charge in [-0.15, -0.1) is 0 Å². The van der Waals surface area contributed by atoms with E-state index in [1.807, 2.05) is 0 Å². The Balaban J connectivity index is 1.84. The molecular formula is C15H24FN3. The zero-order valence-electron chi connectivity index (χ0n) is 11.9. The smallest absolute Gasteiger partial charge is 0.141 e. The van der Waals surface area contributed by atoms with Crippen molar-refractivity contribution in [2.24, 2.45) is 5.92 Å². The van der Waals surface area contributed by atoms with Gasteiger partial charge in [0.2, 0.25) is 0 Å². The predicted octanol–water partition coefficient (Wildman–Crippen LogP) is 2.60. The van der Waals surface area contributed by atoms with Gasteiger partial charge in [-0.3, -0.25) is 4.98 Å². The van der Waals surface area contributed by atoms with Crippen molar-refractivity contribution in [3.05, 3.63) is 29.8 Å². The molecule has 2 atom stereocenters. The van der Waals surface area contributed by atoms with Gasteiger partial charge in [0.25, 0.3) is 0 Å². The Kier molecular flexibility index (Phi) is 5.28. The first-order valence-corrected chi connectivity index (χ1v) is 7.30. The third-order valence-electron chi connectivity index (χ3n) is 3.99. The van der Waals surface area contributed by atoms with Gasteiger partial charge < -0.3 is 10.2 Å². The third kappa shape index (κ3) is 3.98. The summed E-state index contributed by atoms with van der Waals surface area (Å²) in [7, 11) is 0. The van der Waals surface area contributed by atoms with E-state index in [-0.39, 0.29) is 11.9 Å². The lowest BCUT2D eigenvalue weighted by atomic mass is 10.1. The number of halogens is 1. The van der Waals surface area contributed by atoms with Crippen LogP contribution in [0.25, 0.3) is 0 Å². The largest absolute Gasteiger partial charge is 0.308 e. The van der Waals surface area contributed by atoms with Crippen LogP contribution in [0.4, 0.5) is 4.39 Å². The number of likely N-dealkylation sites (tertiary alicyclic amines) is 1. The fourth-order valence-electron chi connectivity index (χ4n) is 2.73. The van der Waals surface area contributed by atoms with Gasteiger partial charge in [0, 0.05) is 12.6 Å².